The Bertz CT molecular complexity index is 2150. The fourth-order valence-electron chi connectivity index (χ4n) is 8.94. The zero-order valence-electron chi connectivity index (χ0n) is 29.4. The van der Waals surface area contributed by atoms with Crippen molar-refractivity contribution < 1.29 is 19.4 Å². The normalized spacial score (nSPS) is 18.6. The minimum Gasteiger partial charge on any atom is -0.476 e. The van der Waals surface area contributed by atoms with Gasteiger partial charge in [0.1, 0.15) is 0 Å². The van der Waals surface area contributed by atoms with Gasteiger partial charge < -0.3 is 19.6 Å². The summed E-state index contributed by atoms with van der Waals surface area (Å²) in [5, 5.41) is 24.4. The Balaban J connectivity index is 0.863. The van der Waals surface area contributed by atoms with Crippen LogP contribution in [0.4, 0.5) is 5.82 Å². The monoisotopic (exact) mass is 698 g/mol. The van der Waals surface area contributed by atoms with E-state index in [0.29, 0.717) is 23.9 Å². The van der Waals surface area contributed by atoms with E-state index >= 15 is 0 Å². The molecule has 7 heterocycles. The lowest BCUT2D eigenvalue weighted by Gasteiger charge is -2.59. The summed E-state index contributed by atoms with van der Waals surface area (Å²) in [6.07, 6.45) is 11.1. The van der Waals surface area contributed by atoms with Gasteiger partial charge in [0.15, 0.2) is 11.5 Å². The topological polar surface area (TPSA) is 139 Å². The minimum absolute atomic E-state index is 0.0274. The van der Waals surface area contributed by atoms with Crippen molar-refractivity contribution in [1.82, 2.24) is 34.8 Å². The van der Waals surface area contributed by atoms with E-state index in [1.165, 1.54) is 24.6 Å². The third-order valence-electron chi connectivity index (χ3n) is 11.7. The number of carboxylic acids is 1. The van der Waals surface area contributed by atoms with E-state index in [-0.39, 0.29) is 11.6 Å². The number of aromatic nitrogens is 6. The summed E-state index contributed by atoms with van der Waals surface area (Å²) in [4.78, 5) is 37.3. The SMILES string of the molecule is CC(=O)N1CCc2c(c(-c3cccc4cc(-c5ccc(CCC6CC7(C6)CN(c6ccc(C(=O)O)nn6)C7)nc5)ncc34)nn2C2CCOCC2)C1. The molecule has 9 rings (SSSR count). The molecule has 266 valence electrons. The van der Waals surface area contributed by atoms with E-state index in [2.05, 4.69) is 56.2 Å². The van der Waals surface area contributed by atoms with Crippen LogP contribution in [0.15, 0.2) is 60.9 Å². The summed E-state index contributed by atoms with van der Waals surface area (Å²) in [7, 11) is 0. The number of pyridine rings is 2. The van der Waals surface area contributed by atoms with Crippen LogP contribution in [-0.4, -0.2) is 84.7 Å². The van der Waals surface area contributed by atoms with Gasteiger partial charge in [0.05, 0.1) is 17.4 Å². The highest BCUT2D eigenvalue weighted by molar-refractivity contribution is 5.97. The predicted molar refractivity (Wildman–Crippen MR) is 195 cm³/mol. The lowest BCUT2D eigenvalue weighted by atomic mass is 9.56. The Morgan fingerprint density at radius 1 is 1.00 bits per heavy atom. The first-order valence-corrected chi connectivity index (χ1v) is 18.4. The third-order valence-corrected chi connectivity index (χ3v) is 11.7. The molecule has 0 radical (unpaired) electrons. The summed E-state index contributed by atoms with van der Waals surface area (Å²) in [5.41, 5.74) is 7.70. The molecule has 1 saturated carbocycles. The van der Waals surface area contributed by atoms with E-state index in [4.69, 9.17) is 24.9 Å². The number of aryl methyl sites for hydroxylation is 1. The average Bonchev–Trinajstić information content (AvgIpc) is 3.52. The van der Waals surface area contributed by atoms with Gasteiger partial charge >= 0.3 is 5.97 Å². The van der Waals surface area contributed by atoms with Crippen molar-refractivity contribution in [3.05, 3.63) is 83.6 Å². The Morgan fingerprint density at radius 3 is 2.58 bits per heavy atom. The second-order valence-electron chi connectivity index (χ2n) is 15.1. The number of aromatic carboxylic acids is 1. The zero-order chi connectivity index (χ0) is 35.4. The summed E-state index contributed by atoms with van der Waals surface area (Å²) < 4.78 is 7.90. The molecule has 4 aliphatic rings. The van der Waals surface area contributed by atoms with Crippen LogP contribution < -0.4 is 4.90 Å². The number of ether oxygens (including phenoxy) is 1. The number of fused-ring (bicyclic) bond motifs is 2. The zero-order valence-corrected chi connectivity index (χ0v) is 29.4. The van der Waals surface area contributed by atoms with Crippen LogP contribution in [0.3, 0.4) is 0 Å². The van der Waals surface area contributed by atoms with Gasteiger partial charge in [-0.15, -0.1) is 10.2 Å². The summed E-state index contributed by atoms with van der Waals surface area (Å²) in [6, 6.07) is 16.3. The van der Waals surface area contributed by atoms with E-state index < -0.39 is 5.97 Å². The van der Waals surface area contributed by atoms with Gasteiger partial charge in [0, 0.05) is 104 Å². The second kappa shape index (κ2) is 13.1. The van der Waals surface area contributed by atoms with Gasteiger partial charge in [0.25, 0.3) is 0 Å². The average molecular weight is 699 g/mol. The van der Waals surface area contributed by atoms with E-state index in [0.717, 1.165) is 115 Å². The fourth-order valence-corrected chi connectivity index (χ4v) is 8.94. The number of carbonyl (C=O) groups is 2. The molecule has 1 N–H and O–H groups in total. The van der Waals surface area contributed by atoms with Crippen molar-refractivity contribution in [2.75, 3.05) is 37.7 Å². The molecule has 4 aromatic heterocycles. The molecule has 2 saturated heterocycles. The van der Waals surface area contributed by atoms with Gasteiger partial charge in [0.2, 0.25) is 5.91 Å². The van der Waals surface area contributed by atoms with Crippen molar-refractivity contribution in [2.45, 2.75) is 64.5 Å². The van der Waals surface area contributed by atoms with E-state index in [1.54, 1.807) is 13.0 Å². The van der Waals surface area contributed by atoms with Crippen molar-refractivity contribution in [1.29, 1.82) is 0 Å². The van der Waals surface area contributed by atoms with Crippen LogP contribution in [0.5, 0.6) is 0 Å². The molecule has 3 fully saturated rings. The van der Waals surface area contributed by atoms with Crippen LogP contribution in [0, 0.1) is 11.3 Å². The fraction of sp³-hybridized carbons (Fsp3) is 0.425. The van der Waals surface area contributed by atoms with Crippen LogP contribution in [0.2, 0.25) is 0 Å². The van der Waals surface area contributed by atoms with Crippen molar-refractivity contribution in [2.24, 2.45) is 11.3 Å². The molecule has 52 heavy (non-hydrogen) atoms. The van der Waals surface area contributed by atoms with Gasteiger partial charge in [-0.25, -0.2) is 4.79 Å². The number of carbonyl (C=O) groups excluding carboxylic acids is 1. The number of benzene rings is 1. The first kappa shape index (κ1) is 32.7. The van der Waals surface area contributed by atoms with Crippen LogP contribution in [0.25, 0.3) is 33.3 Å². The first-order valence-electron chi connectivity index (χ1n) is 18.4. The molecular weight excluding hydrogens is 656 g/mol. The van der Waals surface area contributed by atoms with Gasteiger partial charge in [-0.3, -0.25) is 19.4 Å². The Kier molecular flexibility index (Phi) is 8.21. The molecule has 3 aliphatic heterocycles. The molecule has 12 nitrogen and oxygen atoms in total. The summed E-state index contributed by atoms with van der Waals surface area (Å²) >= 11 is 0. The molecular formula is C40H42N8O4. The maximum atomic E-state index is 12.4. The smallest absolute Gasteiger partial charge is 0.356 e. The molecule has 1 aromatic carbocycles. The van der Waals surface area contributed by atoms with Gasteiger partial charge in [-0.05, 0) is 80.2 Å². The number of amides is 1. The maximum absolute atomic E-state index is 12.4. The minimum atomic E-state index is -1.06. The molecule has 1 spiro atoms. The quantitative estimate of drug-likeness (QED) is 0.213. The van der Waals surface area contributed by atoms with Gasteiger partial charge in [-0.1, -0.05) is 18.2 Å². The van der Waals surface area contributed by atoms with E-state index in [1.807, 2.05) is 17.3 Å². The Labute approximate surface area is 301 Å². The lowest BCUT2D eigenvalue weighted by molar-refractivity contribution is -0.129. The molecule has 1 amide bonds. The van der Waals surface area contributed by atoms with Crippen LogP contribution in [0.1, 0.15) is 72.5 Å². The molecule has 5 aromatic rings. The lowest BCUT2D eigenvalue weighted by Crippen LogP contribution is -2.62. The van der Waals surface area contributed by atoms with Gasteiger partial charge in [-0.2, -0.15) is 5.10 Å². The first-order chi connectivity index (χ1) is 25.3. The van der Waals surface area contributed by atoms with Crippen molar-refractivity contribution in [3.8, 4) is 22.5 Å². The third kappa shape index (κ3) is 5.98. The van der Waals surface area contributed by atoms with E-state index in [9.17, 15) is 9.59 Å². The van der Waals surface area contributed by atoms with Crippen LogP contribution >= 0.6 is 0 Å². The van der Waals surface area contributed by atoms with Crippen molar-refractivity contribution in [3.63, 3.8) is 0 Å². The molecule has 12 heteroatoms. The number of carboxylic acid groups (broad SMARTS) is 1. The molecule has 0 bridgehead atoms. The second-order valence-corrected chi connectivity index (χ2v) is 15.1. The number of hydrogen-bond donors (Lipinski definition) is 1. The largest absolute Gasteiger partial charge is 0.476 e. The number of nitrogens with zero attached hydrogens (tertiary/aromatic N) is 8. The highest BCUT2D eigenvalue weighted by atomic mass is 16.5. The molecule has 1 aliphatic carbocycles. The summed E-state index contributed by atoms with van der Waals surface area (Å²) in [6.45, 7) is 6.35. The Hall–Kier alpha value is -5.23. The maximum Gasteiger partial charge on any atom is 0.356 e. The Morgan fingerprint density at radius 2 is 1.85 bits per heavy atom. The molecule has 0 unspecified atom stereocenters. The number of hydrogen-bond acceptors (Lipinski definition) is 9. The van der Waals surface area contributed by atoms with Crippen molar-refractivity contribution >= 4 is 28.5 Å². The number of anilines is 1. The van der Waals surface area contributed by atoms with Crippen LogP contribution in [-0.2, 0) is 28.9 Å². The number of rotatable bonds is 8. The highest BCUT2D eigenvalue weighted by Crippen LogP contribution is 2.54. The summed E-state index contributed by atoms with van der Waals surface area (Å²) in [5.74, 6) is 0.485. The predicted octanol–water partition coefficient (Wildman–Crippen LogP) is 5.75. The molecule has 0 atom stereocenters. The standard InChI is InChI=1S/C40H42N8O4/c1-25(49)46-14-11-36-33(22-46)38(45-48(36)30-12-15-52-16-13-30)31-4-2-3-27-17-35(42-21-32(27)31)28-6-8-29(41-20-28)7-5-26-18-40(19-26)23-47(24-40)37-10-9-34(39(50)51)43-44-37/h2-4,6,8-10,17,20-21,26,30H,5,7,11-16,18-19,22-24H2,1H3,(H,50,51). The highest BCUT2D eigenvalue weighted by Gasteiger charge is 2.52.